The fraction of sp³-hybridized carbons (Fsp3) is 0.304. The molecular weight excluding hydrogens is 380 g/mol. The lowest BCUT2D eigenvalue weighted by Crippen LogP contribution is -2.42. The summed E-state index contributed by atoms with van der Waals surface area (Å²) in [7, 11) is 0. The summed E-state index contributed by atoms with van der Waals surface area (Å²) in [6.07, 6.45) is 3.37. The number of thioether (sulfide) groups is 1. The summed E-state index contributed by atoms with van der Waals surface area (Å²) in [5.41, 5.74) is 3.49. The van der Waals surface area contributed by atoms with Crippen LogP contribution in [-0.2, 0) is 4.79 Å². The Balaban J connectivity index is 1.58. The van der Waals surface area contributed by atoms with Crippen LogP contribution in [0.2, 0.25) is 0 Å². The van der Waals surface area contributed by atoms with Gasteiger partial charge in [0.2, 0.25) is 11.1 Å². The first kappa shape index (κ1) is 19.6. The van der Waals surface area contributed by atoms with E-state index < -0.39 is 0 Å². The molecule has 2 aromatic carbocycles. The van der Waals surface area contributed by atoms with E-state index in [1.165, 1.54) is 18.2 Å². The molecule has 0 saturated carbocycles. The summed E-state index contributed by atoms with van der Waals surface area (Å²) < 4.78 is 0. The molecule has 1 amide bonds. The van der Waals surface area contributed by atoms with Gasteiger partial charge in [0.15, 0.2) is 0 Å². The van der Waals surface area contributed by atoms with E-state index in [2.05, 4.69) is 17.1 Å². The molecule has 0 unspecified atom stereocenters. The van der Waals surface area contributed by atoms with Crippen molar-refractivity contribution < 1.29 is 4.79 Å². The molecule has 0 N–H and O–H groups in total. The Morgan fingerprint density at radius 3 is 2.28 bits per heavy atom. The predicted octanol–water partition coefficient (Wildman–Crippen LogP) is 4.70. The normalized spacial score (nSPS) is 16.6. The Hall–Kier alpha value is -2.73. The van der Waals surface area contributed by atoms with E-state index in [0.29, 0.717) is 17.0 Å². The van der Waals surface area contributed by atoms with Gasteiger partial charge in [-0.2, -0.15) is 0 Å². The zero-order valence-electron chi connectivity index (χ0n) is 16.5. The van der Waals surface area contributed by atoms with Gasteiger partial charge < -0.3 is 4.90 Å². The first-order chi connectivity index (χ1) is 14.2. The molecule has 6 heteroatoms. The van der Waals surface area contributed by atoms with Crippen LogP contribution >= 0.6 is 11.8 Å². The number of carbonyl (C=O) groups excluding carboxylic acids is 1. The lowest BCUT2D eigenvalue weighted by atomic mass is 10.0. The summed E-state index contributed by atoms with van der Waals surface area (Å²) >= 11 is 1.36. The van der Waals surface area contributed by atoms with Crippen LogP contribution in [0.1, 0.15) is 26.2 Å². The fourth-order valence-corrected chi connectivity index (χ4v) is 4.31. The quantitative estimate of drug-likeness (QED) is 0.577. The molecule has 3 aromatic rings. The Bertz CT molecular complexity index is 965. The highest BCUT2D eigenvalue weighted by atomic mass is 32.2. The third-order valence-corrected chi connectivity index (χ3v) is 6.03. The molecule has 148 valence electrons. The molecule has 1 atom stereocenters. The molecule has 4 rings (SSSR count). The SMILES string of the molecule is C[C@@H]1CCCCN1C(=O)CSc1nnc(-c2ccccc2)c(-c2ccccc2)n1. The molecule has 0 aliphatic carbocycles. The summed E-state index contributed by atoms with van der Waals surface area (Å²) in [4.78, 5) is 19.4. The van der Waals surface area contributed by atoms with E-state index >= 15 is 0 Å². The highest BCUT2D eigenvalue weighted by Crippen LogP contribution is 2.30. The van der Waals surface area contributed by atoms with Crippen molar-refractivity contribution in [2.75, 3.05) is 12.3 Å². The molecule has 0 radical (unpaired) electrons. The molecule has 1 saturated heterocycles. The highest BCUT2D eigenvalue weighted by Gasteiger charge is 2.23. The van der Waals surface area contributed by atoms with E-state index in [4.69, 9.17) is 4.98 Å². The zero-order valence-corrected chi connectivity index (χ0v) is 17.3. The maximum Gasteiger partial charge on any atom is 0.233 e. The minimum Gasteiger partial charge on any atom is -0.339 e. The Kier molecular flexibility index (Phi) is 6.20. The molecule has 1 fully saturated rings. The standard InChI is InChI=1S/C23H24N4OS/c1-17-10-8-9-15-27(17)20(28)16-29-23-24-21(18-11-4-2-5-12-18)22(25-26-23)19-13-6-3-7-14-19/h2-7,11-14,17H,8-10,15-16H2,1H3/t17-/m1/s1. The summed E-state index contributed by atoms with van der Waals surface area (Å²) in [5, 5.41) is 9.31. The number of amides is 1. The fourth-order valence-electron chi connectivity index (χ4n) is 3.64. The van der Waals surface area contributed by atoms with Gasteiger partial charge in [0.05, 0.1) is 5.75 Å². The molecule has 1 aromatic heterocycles. The van der Waals surface area contributed by atoms with E-state index in [1.807, 2.05) is 65.6 Å². The van der Waals surface area contributed by atoms with Crippen molar-refractivity contribution in [1.82, 2.24) is 20.1 Å². The zero-order chi connectivity index (χ0) is 20.1. The van der Waals surface area contributed by atoms with Gasteiger partial charge in [-0.05, 0) is 26.2 Å². The monoisotopic (exact) mass is 404 g/mol. The maximum atomic E-state index is 12.7. The number of carbonyl (C=O) groups is 1. The number of benzene rings is 2. The first-order valence-corrected chi connectivity index (χ1v) is 11.0. The van der Waals surface area contributed by atoms with Crippen LogP contribution in [0.5, 0.6) is 0 Å². The number of nitrogens with zero attached hydrogens (tertiary/aromatic N) is 4. The van der Waals surface area contributed by atoms with Crippen LogP contribution in [-0.4, -0.2) is 44.3 Å². The van der Waals surface area contributed by atoms with E-state index in [1.54, 1.807) is 0 Å². The van der Waals surface area contributed by atoms with E-state index in [9.17, 15) is 4.79 Å². The summed E-state index contributed by atoms with van der Waals surface area (Å²) in [6.45, 7) is 2.98. The molecule has 1 aliphatic rings. The van der Waals surface area contributed by atoms with Gasteiger partial charge in [0.25, 0.3) is 0 Å². The number of aromatic nitrogens is 3. The number of likely N-dealkylation sites (tertiary alicyclic amines) is 1. The van der Waals surface area contributed by atoms with E-state index in [-0.39, 0.29) is 5.91 Å². The van der Waals surface area contributed by atoms with Gasteiger partial charge in [0.1, 0.15) is 11.4 Å². The smallest absolute Gasteiger partial charge is 0.233 e. The van der Waals surface area contributed by atoms with Crippen molar-refractivity contribution in [3.63, 3.8) is 0 Å². The van der Waals surface area contributed by atoms with Crippen LogP contribution in [0.3, 0.4) is 0 Å². The Morgan fingerprint density at radius 1 is 0.966 bits per heavy atom. The number of hydrogen-bond acceptors (Lipinski definition) is 5. The van der Waals surface area contributed by atoms with Crippen molar-refractivity contribution in [2.24, 2.45) is 0 Å². The van der Waals surface area contributed by atoms with Crippen LogP contribution < -0.4 is 0 Å². The van der Waals surface area contributed by atoms with Crippen molar-refractivity contribution >= 4 is 17.7 Å². The van der Waals surface area contributed by atoms with Crippen molar-refractivity contribution in [2.45, 2.75) is 37.4 Å². The van der Waals surface area contributed by atoms with Gasteiger partial charge in [-0.25, -0.2) is 4.98 Å². The molecule has 29 heavy (non-hydrogen) atoms. The average molecular weight is 405 g/mol. The predicted molar refractivity (Wildman–Crippen MR) is 116 cm³/mol. The maximum absolute atomic E-state index is 12.7. The second kappa shape index (κ2) is 9.18. The lowest BCUT2D eigenvalue weighted by Gasteiger charge is -2.33. The first-order valence-electron chi connectivity index (χ1n) is 10.00. The summed E-state index contributed by atoms with van der Waals surface area (Å²) in [5.74, 6) is 0.490. The third-order valence-electron chi connectivity index (χ3n) is 5.21. The second-order valence-corrected chi connectivity index (χ2v) is 8.19. The second-order valence-electron chi connectivity index (χ2n) is 7.24. The van der Waals surface area contributed by atoms with Crippen molar-refractivity contribution in [1.29, 1.82) is 0 Å². The van der Waals surface area contributed by atoms with Crippen LogP contribution in [0.15, 0.2) is 65.8 Å². The molecule has 0 bridgehead atoms. The number of hydrogen-bond donors (Lipinski definition) is 0. The largest absolute Gasteiger partial charge is 0.339 e. The molecule has 2 heterocycles. The molecule has 5 nitrogen and oxygen atoms in total. The summed E-state index contributed by atoms with van der Waals surface area (Å²) in [6, 6.07) is 20.3. The van der Waals surface area contributed by atoms with Gasteiger partial charge in [0, 0.05) is 23.7 Å². The van der Waals surface area contributed by atoms with Crippen LogP contribution in [0, 0.1) is 0 Å². The number of rotatable bonds is 5. The van der Waals surface area contributed by atoms with Gasteiger partial charge in [-0.15, -0.1) is 10.2 Å². The average Bonchev–Trinajstić information content (AvgIpc) is 2.79. The molecule has 1 aliphatic heterocycles. The Morgan fingerprint density at radius 2 is 1.62 bits per heavy atom. The van der Waals surface area contributed by atoms with E-state index in [0.717, 1.165) is 41.9 Å². The Labute approximate surface area is 175 Å². The number of piperidine rings is 1. The topological polar surface area (TPSA) is 59.0 Å². The third kappa shape index (κ3) is 4.65. The van der Waals surface area contributed by atoms with Crippen molar-refractivity contribution in [3.05, 3.63) is 60.7 Å². The van der Waals surface area contributed by atoms with Gasteiger partial charge in [-0.3, -0.25) is 4.79 Å². The van der Waals surface area contributed by atoms with Crippen LogP contribution in [0.25, 0.3) is 22.5 Å². The van der Waals surface area contributed by atoms with Gasteiger partial charge >= 0.3 is 0 Å². The minimum absolute atomic E-state index is 0.152. The van der Waals surface area contributed by atoms with Crippen LogP contribution in [0.4, 0.5) is 0 Å². The lowest BCUT2D eigenvalue weighted by molar-refractivity contribution is -0.131. The molecule has 0 spiro atoms. The van der Waals surface area contributed by atoms with Crippen molar-refractivity contribution in [3.8, 4) is 22.5 Å². The highest BCUT2D eigenvalue weighted by molar-refractivity contribution is 7.99. The van der Waals surface area contributed by atoms with Gasteiger partial charge in [-0.1, -0.05) is 72.4 Å². The minimum atomic E-state index is 0.152. The molecular formula is C23H24N4OS.